The molecular formula is C20H30N6O2+2. The van der Waals surface area contributed by atoms with Crippen molar-refractivity contribution < 1.29 is 18.7 Å². The number of carbonyl (C=O) groups excluding carboxylic acids is 2. The average molecular weight is 387 g/mol. The molecule has 150 valence electrons. The van der Waals surface area contributed by atoms with E-state index in [2.05, 4.69) is 10.6 Å². The van der Waals surface area contributed by atoms with Crippen LogP contribution >= 0.6 is 0 Å². The lowest BCUT2D eigenvalue weighted by molar-refractivity contribution is -0.683. The molecule has 0 spiro atoms. The fraction of sp³-hybridized carbons (Fsp3) is 0.400. The number of nitrogens with zero attached hydrogens (tertiary/aromatic N) is 2. The van der Waals surface area contributed by atoms with Gasteiger partial charge in [0.1, 0.15) is 0 Å². The molecule has 0 fully saturated rings. The van der Waals surface area contributed by atoms with Crippen molar-refractivity contribution in [2.75, 3.05) is 24.6 Å². The van der Waals surface area contributed by atoms with E-state index in [4.69, 9.17) is 11.5 Å². The second kappa shape index (κ2) is 11.5. The number of pyridine rings is 2. The molecule has 2 amide bonds. The van der Waals surface area contributed by atoms with Gasteiger partial charge in [-0.25, -0.2) is 0 Å². The fourth-order valence-electron chi connectivity index (χ4n) is 2.78. The maximum Gasteiger partial charge on any atom is 0.285 e. The number of amides is 2. The van der Waals surface area contributed by atoms with Crippen LogP contribution in [0.5, 0.6) is 0 Å². The van der Waals surface area contributed by atoms with Gasteiger partial charge in [0.2, 0.25) is 13.1 Å². The van der Waals surface area contributed by atoms with E-state index in [-0.39, 0.29) is 24.9 Å². The normalized spacial score (nSPS) is 10.4. The Morgan fingerprint density at radius 3 is 1.57 bits per heavy atom. The van der Waals surface area contributed by atoms with Gasteiger partial charge < -0.3 is 22.1 Å². The SMILES string of the molecule is Nc1ccc[n+](CC(=O)NCCCCCCNC(=O)C[n+]2cccc(N)c2)c1. The molecule has 0 aliphatic carbocycles. The summed E-state index contributed by atoms with van der Waals surface area (Å²) in [5, 5.41) is 5.82. The number of anilines is 2. The standard InChI is InChI=1S/C20H28N6O2/c21-17-7-5-11-25(13-17)15-19(27)23-9-3-1-2-4-10-24-20(28)16-26-12-6-8-18(22)14-26/h5-8,11-14H,1-4,9-10,15-16,21-22H2/p+2. The van der Waals surface area contributed by atoms with Crippen LogP contribution in [-0.4, -0.2) is 24.9 Å². The van der Waals surface area contributed by atoms with Gasteiger partial charge in [0.05, 0.1) is 11.4 Å². The molecule has 6 N–H and O–H groups in total. The van der Waals surface area contributed by atoms with Gasteiger partial charge in [0.25, 0.3) is 11.8 Å². The molecule has 8 heteroatoms. The van der Waals surface area contributed by atoms with Gasteiger partial charge in [0, 0.05) is 25.2 Å². The van der Waals surface area contributed by atoms with Gasteiger partial charge in [-0.15, -0.1) is 0 Å². The summed E-state index contributed by atoms with van der Waals surface area (Å²) in [6.07, 6.45) is 10.9. The Morgan fingerprint density at radius 1 is 0.750 bits per heavy atom. The monoisotopic (exact) mass is 386 g/mol. The van der Waals surface area contributed by atoms with Crippen molar-refractivity contribution in [3.8, 4) is 0 Å². The fourth-order valence-corrected chi connectivity index (χ4v) is 2.78. The third kappa shape index (κ3) is 8.48. The minimum absolute atomic E-state index is 0.0260. The van der Waals surface area contributed by atoms with E-state index < -0.39 is 0 Å². The van der Waals surface area contributed by atoms with Crippen LogP contribution in [0.1, 0.15) is 25.7 Å². The predicted octanol–water partition coefficient (Wildman–Crippen LogP) is -0.0810. The van der Waals surface area contributed by atoms with Gasteiger partial charge in [0.15, 0.2) is 24.8 Å². The Morgan fingerprint density at radius 2 is 1.18 bits per heavy atom. The molecule has 0 saturated carbocycles. The van der Waals surface area contributed by atoms with E-state index >= 15 is 0 Å². The summed E-state index contributed by atoms with van der Waals surface area (Å²) in [6.45, 7) is 1.84. The maximum absolute atomic E-state index is 11.9. The first-order valence-electron chi connectivity index (χ1n) is 9.55. The van der Waals surface area contributed by atoms with E-state index in [0.29, 0.717) is 24.5 Å². The highest BCUT2D eigenvalue weighted by atomic mass is 16.2. The molecule has 0 saturated heterocycles. The quantitative estimate of drug-likeness (QED) is 0.319. The third-order valence-electron chi connectivity index (χ3n) is 4.16. The van der Waals surface area contributed by atoms with Crippen molar-refractivity contribution in [1.82, 2.24) is 10.6 Å². The number of carbonyl (C=O) groups is 2. The molecule has 0 aliphatic rings. The minimum atomic E-state index is -0.0260. The predicted molar refractivity (Wildman–Crippen MR) is 107 cm³/mol. The highest BCUT2D eigenvalue weighted by Crippen LogP contribution is 1.98. The second-order valence-electron chi connectivity index (χ2n) is 6.73. The summed E-state index contributed by atoms with van der Waals surface area (Å²) >= 11 is 0. The Balaban J connectivity index is 1.47. The molecule has 0 aliphatic heterocycles. The van der Waals surface area contributed by atoms with Crippen LogP contribution in [0.4, 0.5) is 11.4 Å². The molecule has 2 rings (SSSR count). The molecule has 0 atom stereocenters. The highest BCUT2D eigenvalue weighted by molar-refractivity contribution is 5.74. The van der Waals surface area contributed by atoms with Crippen molar-refractivity contribution in [3.05, 3.63) is 49.1 Å². The van der Waals surface area contributed by atoms with E-state index in [1.54, 1.807) is 33.7 Å². The zero-order valence-corrected chi connectivity index (χ0v) is 16.1. The molecule has 0 radical (unpaired) electrons. The zero-order chi connectivity index (χ0) is 20.2. The Bertz CT molecular complexity index is 715. The smallest absolute Gasteiger partial charge is 0.285 e. The molecule has 28 heavy (non-hydrogen) atoms. The van der Waals surface area contributed by atoms with Crippen LogP contribution < -0.4 is 31.2 Å². The van der Waals surface area contributed by atoms with Crippen molar-refractivity contribution in [2.45, 2.75) is 38.8 Å². The summed E-state index contributed by atoms with van der Waals surface area (Å²) in [4.78, 5) is 23.7. The topological polar surface area (TPSA) is 118 Å². The number of nitrogens with one attached hydrogen (secondary N) is 2. The Kier molecular flexibility index (Phi) is 8.71. The van der Waals surface area contributed by atoms with Crippen molar-refractivity contribution in [1.29, 1.82) is 0 Å². The minimum Gasteiger partial charge on any atom is -0.394 e. The highest BCUT2D eigenvalue weighted by Gasteiger charge is 2.09. The van der Waals surface area contributed by atoms with Crippen LogP contribution in [-0.2, 0) is 22.7 Å². The average Bonchev–Trinajstić information content (AvgIpc) is 2.64. The molecule has 0 unspecified atom stereocenters. The summed E-state index contributed by atoms with van der Waals surface area (Å²) in [7, 11) is 0. The van der Waals surface area contributed by atoms with Gasteiger partial charge in [-0.05, 0) is 25.0 Å². The number of hydrogen-bond acceptors (Lipinski definition) is 4. The molecular weight excluding hydrogens is 356 g/mol. The van der Waals surface area contributed by atoms with Gasteiger partial charge >= 0.3 is 0 Å². The lowest BCUT2D eigenvalue weighted by atomic mass is 10.2. The third-order valence-corrected chi connectivity index (χ3v) is 4.16. The summed E-state index contributed by atoms with van der Waals surface area (Å²) in [5.41, 5.74) is 12.7. The Hall–Kier alpha value is -3.16. The largest absolute Gasteiger partial charge is 0.394 e. The van der Waals surface area contributed by atoms with Crippen LogP contribution in [0.25, 0.3) is 0 Å². The molecule has 0 bridgehead atoms. The van der Waals surface area contributed by atoms with Gasteiger partial charge in [-0.1, -0.05) is 12.8 Å². The van der Waals surface area contributed by atoms with Crippen LogP contribution in [0, 0.1) is 0 Å². The second-order valence-corrected chi connectivity index (χ2v) is 6.73. The zero-order valence-electron chi connectivity index (χ0n) is 16.1. The molecule has 0 aromatic carbocycles. The first kappa shape index (κ1) is 21.1. The lowest BCUT2D eigenvalue weighted by Crippen LogP contribution is -2.42. The summed E-state index contributed by atoms with van der Waals surface area (Å²) in [6, 6.07) is 7.20. The molecule has 8 nitrogen and oxygen atoms in total. The maximum atomic E-state index is 11.9. The number of unbranched alkanes of at least 4 members (excludes halogenated alkanes) is 3. The number of nitrogens with two attached hydrogens (primary N) is 2. The van der Waals surface area contributed by atoms with Gasteiger partial charge in [-0.2, -0.15) is 9.13 Å². The van der Waals surface area contributed by atoms with E-state index in [1.807, 2.05) is 24.5 Å². The van der Waals surface area contributed by atoms with E-state index in [1.165, 1.54) is 0 Å². The van der Waals surface area contributed by atoms with Crippen LogP contribution in [0.2, 0.25) is 0 Å². The number of rotatable bonds is 11. The molecule has 2 heterocycles. The number of aromatic nitrogens is 2. The first-order valence-corrected chi connectivity index (χ1v) is 9.55. The number of hydrogen-bond donors (Lipinski definition) is 4. The van der Waals surface area contributed by atoms with Crippen molar-refractivity contribution in [3.63, 3.8) is 0 Å². The number of nitrogen functional groups attached to an aromatic ring is 2. The molecule has 2 aromatic heterocycles. The van der Waals surface area contributed by atoms with Crippen molar-refractivity contribution in [2.24, 2.45) is 0 Å². The summed E-state index contributed by atoms with van der Waals surface area (Å²) < 4.78 is 3.52. The van der Waals surface area contributed by atoms with E-state index in [0.717, 1.165) is 25.7 Å². The first-order chi connectivity index (χ1) is 13.5. The summed E-state index contributed by atoms with van der Waals surface area (Å²) in [5.74, 6) is -0.0520. The van der Waals surface area contributed by atoms with Crippen molar-refractivity contribution >= 4 is 23.2 Å². The van der Waals surface area contributed by atoms with Crippen LogP contribution in [0.15, 0.2) is 49.1 Å². The van der Waals surface area contributed by atoms with E-state index in [9.17, 15) is 9.59 Å². The Labute approximate surface area is 165 Å². The lowest BCUT2D eigenvalue weighted by Gasteiger charge is -2.05. The van der Waals surface area contributed by atoms with Gasteiger partial charge in [-0.3, -0.25) is 9.59 Å². The van der Waals surface area contributed by atoms with Crippen LogP contribution in [0.3, 0.4) is 0 Å². The molecule has 2 aromatic rings.